The molecule has 0 fully saturated rings. The third kappa shape index (κ3) is 3.90. The second kappa shape index (κ2) is 7.89. The maximum absolute atomic E-state index is 12.9. The first-order chi connectivity index (χ1) is 14.0. The van der Waals surface area contributed by atoms with E-state index in [4.69, 9.17) is 16.1 Å². The Kier molecular flexibility index (Phi) is 5.14. The summed E-state index contributed by atoms with van der Waals surface area (Å²) in [6.07, 6.45) is 5.08. The SMILES string of the molecule is Cc1c(-c2cc(C(=O)N[C@H](c3ccc(Cl)cc3)c3cccnc3)no2)cnn1C. The molecule has 4 rings (SSSR count). The van der Waals surface area contributed by atoms with Gasteiger partial charge in [0.25, 0.3) is 5.91 Å². The number of carbonyl (C=O) groups is 1. The smallest absolute Gasteiger partial charge is 0.274 e. The fourth-order valence-electron chi connectivity index (χ4n) is 3.02. The Hall–Kier alpha value is -3.45. The summed E-state index contributed by atoms with van der Waals surface area (Å²) in [5.74, 6) is 0.135. The lowest BCUT2D eigenvalue weighted by Gasteiger charge is -2.19. The predicted molar refractivity (Wildman–Crippen MR) is 108 cm³/mol. The molecule has 0 aliphatic rings. The van der Waals surface area contributed by atoms with Crippen LogP contribution in [-0.2, 0) is 7.05 Å². The number of pyridine rings is 1. The highest BCUT2D eigenvalue weighted by Crippen LogP contribution is 2.26. The summed E-state index contributed by atoms with van der Waals surface area (Å²) in [6.45, 7) is 1.92. The molecule has 1 aromatic carbocycles. The number of aryl methyl sites for hydroxylation is 1. The normalized spacial score (nSPS) is 12.0. The van der Waals surface area contributed by atoms with E-state index in [1.165, 1.54) is 0 Å². The van der Waals surface area contributed by atoms with Crippen molar-refractivity contribution < 1.29 is 9.32 Å². The Bertz CT molecular complexity index is 1140. The Labute approximate surface area is 172 Å². The fraction of sp³-hybridized carbons (Fsp3) is 0.143. The van der Waals surface area contributed by atoms with Crippen molar-refractivity contribution in [2.75, 3.05) is 0 Å². The third-order valence-electron chi connectivity index (χ3n) is 4.74. The van der Waals surface area contributed by atoms with E-state index in [1.54, 1.807) is 41.5 Å². The van der Waals surface area contributed by atoms with Crippen LogP contribution >= 0.6 is 11.6 Å². The predicted octanol–water partition coefficient (Wildman–Crippen LogP) is 3.95. The molecule has 0 saturated carbocycles. The van der Waals surface area contributed by atoms with Crippen LogP contribution in [0, 0.1) is 6.92 Å². The minimum absolute atomic E-state index is 0.186. The van der Waals surface area contributed by atoms with Gasteiger partial charge in [0, 0.05) is 36.2 Å². The second-order valence-corrected chi connectivity index (χ2v) is 7.02. The molecule has 1 N–H and O–H groups in total. The highest BCUT2D eigenvalue weighted by molar-refractivity contribution is 6.30. The van der Waals surface area contributed by atoms with E-state index >= 15 is 0 Å². The van der Waals surface area contributed by atoms with Crippen molar-refractivity contribution in [2.45, 2.75) is 13.0 Å². The Balaban J connectivity index is 1.62. The maximum Gasteiger partial charge on any atom is 0.274 e. The van der Waals surface area contributed by atoms with Crippen LogP contribution in [-0.4, -0.2) is 25.8 Å². The fourth-order valence-corrected chi connectivity index (χ4v) is 3.14. The third-order valence-corrected chi connectivity index (χ3v) is 4.99. The molecule has 0 bridgehead atoms. The number of nitrogens with one attached hydrogen (secondary N) is 1. The molecule has 0 radical (unpaired) electrons. The van der Waals surface area contributed by atoms with Crippen molar-refractivity contribution in [3.05, 3.63) is 88.6 Å². The number of halogens is 1. The van der Waals surface area contributed by atoms with Gasteiger partial charge in [-0.2, -0.15) is 5.10 Å². The zero-order valence-electron chi connectivity index (χ0n) is 15.8. The molecule has 146 valence electrons. The van der Waals surface area contributed by atoms with Crippen molar-refractivity contribution in [3.8, 4) is 11.3 Å². The van der Waals surface area contributed by atoms with E-state index in [2.05, 4.69) is 20.6 Å². The van der Waals surface area contributed by atoms with E-state index in [1.807, 2.05) is 38.2 Å². The van der Waals surface area contributed by atoms with Crippen LogP contribution in [0.4, 0.5) is 0 Å². The summed E-state index contributed by atoms with van der Waals surface area (Å²) < 4.78 is 7.11. The summed E-state index contributed by atoms with van der Waals surface area (Å²) in [6, 6.07) is 12.2. The van der Waals surface area contributed by atoms with Gasteiger partial charge in [0.15, 0.2) is 11.5 Å². The molecule has 0 saturated heterocycles. The van der Waals surface area contributed by atoms with Gasteiger partial charge in [-0.1, -0.05) is 35.0 Å². The molecule has 4 aromatic rings. The highest BCUT2D eigenvalue weighted by atomic mass is 35.5. The first kappa shape index (κ1) is 18.9. The van der Waals surface area contributed by atoms with Gasteiger partial charge in [-0.3, -0.25) is 14.5 Å². The van der Waals surface area contributed by atoms with Crippen LogP contribution in [0.2, 0.25) is 5.02 Å². The number of hydrogen-bond donors (Lipinski definition) is 1. The molecule has 3 aromatic heterocycles. The van der Waals surface area contributed by atoms with E-state index < -0.39 is 6.04 Å². The number of hydrogen-bond acceptors (Lipinski definition) is 5. The summed E-state index contributed by atoms with van der Waals surface area (Å²) >= 11 is 6.01. The molecule has 0 spiro atoms. The zero-order chi connectivity index (χ0) is 20.4. The molecular formula is C21H18ClN5O2. The Morgan fingerprint density at radius 1 is 1.17 bits per heavy atom. The average molecular weight is 408 g/mol. The zero-order valence-corrected chi connectivity index (χ0v) is 16.6. The summed E-state index contributed by atoms with van der Waals surface area (Å²) in [7, 11) is 1.84. The standard InChI is InChI=1S/C21H18ClN5O2/c1-13-17(12-24-27(13)2)19-10-18(26-29-19)21(28)25-20(15-4-3-9-23-11-15)14-5-7-16(22)8-6-14/h3-12,20H,1-2H3,(H,25,28)/t20-/m1/s1. The molecular weight excluding hydrogens is 390 g/mol. The molecule has 0 aliphatic heterocycles. The van der Waals surface area contributed by atoms with Crippen molar-refractivity contribution in [3.63, 3.8) is 0 Å². The van der Waals surface area contributed by atoms with Crippen LogP contribution in [0.25, 0.3) is 11.3 Å². The quantitative estimate of drug-likeness (QED) is 0.541. The van der Waals surface area contributed by atoms with Crippen LogP contribution in [0.1, 0.15) is 33.4 Å². The van der Waals surface area contributed by atoms with Gasteiger partial charge in [0.1, 0.15) is 0 Å². The number of carbonyl (C=O) groups excluding carboxylic acids is 1. The van der Waals surface area contributed by atoms with E-state index in [0.29, 0.717) is 10.8 Å². The Morgan fingerprint density at radius 2 is 1.97 bits per heavy atom. The minimum atomic E-state index is -0.409. The summed E-state index contributed by atoms with van der Waals surface area (Å²) in [4.78, 5) is 17.1. The van der Waals surface area contributed by atoms with Gasteiger partial charge in [0.05, 0.1) is 17.8 Å². The van der Waals surface area contributed by atoms with Crippen LogP contribution < -0.4 is 5.32 Å². The van der Waals surface area contributed by atoms with E-state index in [9.17, 15) is 4.79 Å². The number of benzene rings is 1. The van der Waals surface area contributed by atoms with Gasteiger partial charge in [0.2, 0.25) is 0 Å². The van der Waals surface area contributed by atoms with Crippen LogP contribution in [0.3, 0.4) is 0 Å². The summed E-state index contributed by atoms with van der Waals surface area (Å²) in [5, 5.41) is 11.8. The van der Waals surface area contributed by atoms with Gasteiger partial charge < -0.3 is 9.84 Å². The van der Waals surface area contributed by atoms with Gasteiger partial charge in [-0.25, -0.2) is 0 Å². The van der Waals surface area contributed by atoms with Gasteiger partial charge in [-0.05, 0) is 36.2 Å². The van der Waals surface area contributed by atoms with Crippen LogP contribution in [0.15, 0.2) is 65.6 Å². The lowest BCUT2D eigenvalue weighted by molar-refractivity contribution is 0.0934. The number of rotatable bonds is 5. The topological polar surface area (TPSA) is 85.8 Å². The lowest BCUT2D eigenvalue weighted by atomic mass is 10.00. The minimum Gasteiger partial charge on any atom is -0.355 e. The molecule has 0 unspecified atom stereocenters. The first-order valence-corrected chi connectivity index (χ1v) is 9.32. The molecule has 1 amide bonds. The molecule has 29 heavy (non-hydrogen) atoms. The van der Waals surface area contributed by atoms with Gasteiger partial charge in [-0.15, -0.1) is 0 Å². The monoisotopic (exact) mass is 407 g/mol. The second-order valence-electron chi connectivity index (χ2n) is 6.59. The molecule has 3 heterocycles. The van der Waals surface area contributed by atoms with Crippen molar-refractivity contribution in [1.29, 1.82) is 0 Å². The first-order valence-electron chi connectivity index (χ1n) is 8.95. The molecule has 1 atom stereocenters. The van der Waals surface area contributed by atoms with Crippen molar-refractivity contribution >= 4 is 17.5 Å². The molecule has 7 nitrogen and oxygen atoms in total. The average Bonchev–Trinajstić information content (AvgIpc) is 3.35. The largest absolute Gasteiger partial charge is 0.355 e. The van der Waals surface area contributed by atoms with E-state index in [0.717, 1.165) is 22.4 Å². The van der Waals surface area contributed by atoms with Crippen molar-refractivity contribution in [2.24, 2.45) is 7.05 Å². The number of amides is 1. The highest BCUT2D eigenvalue weighted by Gasteiger charge is 2.22. The molecule has 0 aliphatic carbocycles. The van der Waals surface area contributed by atoms with E-state index in [-0.39, 0.29) is 11.6 Å². The number of nitrogens with zero attached hydrogens (tertiary/aromatic N) is 4. The van der Waals surface area contributed by atoms with Crippen LogP contribution in [0.5, 0.6) is 0 Å². The molecule has 8 heteroatoms. The summed E-state index contributed by atoms with van der Waals surface area (Å²) in [5.41, 5.74) is 3.62. The number of aromatic nitrogens is 4. The maximum atomic E-state index is 12.9. The van der Waals surface area contributed by atoms with Gasteiger partial charge >= 0.3 is 0 Å². The van der Waals surface area contributed by atoms with Crippen molar-refractivity contribution in [1.82, 2.24) is 25.2 Å². The lowest BCUT2D eigenvalue weighted by Crippen LogP contribution is -2.29. The Morgan fingerprint density at radius 3 is 2.62 bits per heavy atom.